The maximum atomic E-state index is 5.95. The van der Waals surface area contributed by atoms with Crippen LogP contribution in [0.5, 0.6) is 0 Å². The van der Waals surface area contributed by atoms with Crippen LogP contribution in [0.4, 0.5) is 0 Å². The number of furan rings is 1. The van der Waals surface area contributed by atoms with E-state index in [4.69, 9.17) is 14.1 Å². The topological polar surface area (TPSA) is 58.8 Å². The molecule has 1 saturated carbocycles. The van der Waals surface area contributed by atoms with Crippen LogP contribution in [-0.2, 0) is 11.2 Å². The summed E-state index contributed by atoms with van der Waals surface area (Å²) in [4.78, 5) is 4.86. The number of halogens is 1. The molecular formula is C23H32IN3O2. The molecule has 2 N–H and O–H groups in total. The first-order chi connectivity index (χ1) is 13.6. The third-order valence-electron chi connectivity index (χ3n) is 6.25. The zero-order valence-corrected chi connectivity index (χ0v) is 19.8. The molecule has 1 aliphatic heterocycles. The van der Waals surface area contributed by atoms with E-state index in [2.05, 4.69) is 55.7 Å². The molecule has 0 bridgehead atoms. The minimum Gasteiger partial charge on any atom is -0.469 e. The lowest BCUT2D eigenvalue weighted by Gasteiger charge is -2.55. The Labute approximate surface area is 190 Å². The van der Waals surface area contributed by atoms with Crippen molar-refractivity contribution >= 4 is 29.9 Å². The summed E-state index contributed by atoms with van der Waals surface area (Å²) in [5.74, 6) is 2.40. The van der Waals surface area contributed by atoms with Crippen molar-refractivity contribution in [1.82, 2.24) is 10.6 Å². The first-order valence-electron chi connectivity index (χ1n) is 10.3. The van der Waals surface area contributed by atoms with E-state index in [9.17, 15) is 0 Å². The molecule has 2 fully saturated rings. The molecule has 0 amide bonds. The van der Waals surface area contributed by atoms with Crippen LogP contribution in [0.25, 0.3) is 0 Å². The van der Waals surface area contributed by atoms with Gasteiger partial charge in [-0.3, -0.25) is 4.99 Å². The lowest BCUT2D eigenvalue weighted by molar-refractivity contribution is -0.106. The molecule has 4 atom stereocenters. The number of benzene rings is 1. The predicted octanol–water partition coefficient (Wildman–Crippen LogP) is 4.55. The Kier molecular flexibility index (Phi) is 7.27. The van der Waals surface area contributed by atoms with Gasteiger partial charge >= 0.3 is 0 Å². The number of aliphatic imine (C=N–C) groups is 1. The third kappa shape index (κ3) is 4.79. The molecule has 2 aliphatic rings. The molecule has 5 nitrogen and oxygen atoms in total. The molecule has 0 radical (unpaired) electrons. The minimum atomic E-state index is 0. The highest BCUT2D eigenvalue weighted by Gasteiger charge is 2.59. The maximum Gasteiger partial charge on any atom is 0.191 e. The summed E-state index contributed by atoms with van der Waals surface area (Å²) >= 11 is 0. The third-order valence-corrected chi connectivity index (χ3v) is 6.25. The highest BCUT2D eigenvalue weighted by molar-refractivity contribution is 14.0. The monoisotopic (exact) mass is 509 g/mol. The van der Waals surface area contributed by atoms with Crippen molar-refractivity contribution in [2.24, 2.45) is 16.3 Å². The largest absolute Gasteiger partial charge is 0.469 e. The van der Waals surface area contributed by atoms with Gasteiger partial charge in [-0.2, -0.15) is 0 Å². The molecule has 158 valence electrons. The smallest absolute Gasteiger partial charge is 0.191 e. The van der Waals surface area contributed by atoms with Gasteiger partial charge in [0.1, 0.15) is 5.76 Å². The van der Waals surface area contributed by atoms with E-state index in [1.165, 1.54) is 5.56 Å². The Morgan fingerprint density at radius 1 is 1.21 bits per heavy atom. The first kappa shape index (κ1) is 22.2. The van der Waals surface area contributed by atoms with Crippen LogP contribution in [-0.4, -0.2) is 31.3 Å². The number of rotatable bonds is 6. The first-order valence-corrected chi connectivity index (χ1v) is 10.3. The van der Waals surface area contributed by atoms with E-state index in [0.717, 1.165) is 31.2 Å². The molecule has 0 spiro atoms. The van der Waals surface area contributed by atoms with Crippen molar-refractivity contribution < 1.29 is 9.15 Å². The van der Waals surface area contributed by atoms with Crippen LogP contribution >= 0.6 is 24.0 Å². The van der Waals surface area contributed by atoms with Gasteiger partial charge in [-0.05, 0) is 31.0 Å². The molecule has 4 unspecified atom stereocenters. The van der Waals surface area contributed by atoms with Crippen molar-refractivity contribution in [3.63, 3.8) is 0 Å². The van der Waals surface area contributed by atoms with Crippen molar-refractivity contribution in [2.45, 2.75) is 51.8 Å². The van der Waals surface area contributed by atoms with E-state index in [0.29, 0.717) is 24.6 Å². The number of hydrogen-bond acceptors (Lipinski definition) is 3. The van der Waals surface area contributed by atoms with Gasteiger partial charge in [0.2, 0.25) is 0 Å². The molecule has 1 aromatic heterocycles. The molecule has 4 rings (SSSR count). The van der Waals surface area contributed by atoms with E-state index in [1.54, 1.807) is 6.26 Å². The molecule has 29 heavy (non-hydrogen) atoms. The number of nitrogens with one attached hydrogen (secondary N) is 2. The second-order valence-corrected chi connectivity index (χ2v) is 8.52. The SMILES string of the molecule is CC(NC(=NCCc1ccco1)NC1C2CCOC2C1(C)C)c1ccccc1.I. The van der Waals surface area contributed by atoms with Crippen molar-refractivity contribution in [2.75, 3.05) is 13.2 Å². The Bertz CT molecular complexity index is 792. The zero-order chi connectivity index (χ0) is 19.6. The van der Waals surface area contributed by atoms with Crippen molar-refractivity contribution in [3.05, 3.63) is 60.1 Å². The summed E-state index contributed by atoms with van der Waals surface area (Å²) in [7, 11) is 0. The second-order valence-electron chi connectivity index (χ2n) is 8.52. The van der Waals surface area contributed by atoms with Crippen molar-refractivity contribution in [3.8, 4) is 0 Å². The molecule has 2 heterocycles. The van der Waals surface area contributed by atoms with Crippen LogP contribution in [0.2, 0.25) is 0 Å². The molecule has 2 aromatic rings. The van der Waals surface area contributed by atoms with E-state index in [-0.39, 0.29) is 35.4 Å². The molecule has 1 aliphatic carbocycles. The normalized spacial score (nSPS) is 26.0. The minimum absolute atomic E-state index is 0. The fraction of sp³-hybridized carbons (Fsp3) is 0.522. The van der Waals surface area contributed by atoms with Gasteiger partial charge in [-0.25, -0.2) is 0 Å². The molecular weight excluding hydrogens is 477 g/mol. The highest BCUT2D eigenvalue weighted by atomic mass is 127. The Morgan fingerprint density at radius 2 is 2.00 bits per heavy atom. The average Bonchev–Trinajstić information content (AvgIpc) is 3.37. The quantitative estimate of drug-likeness (QED) is 0.341. The van der Waals surface area contributed by atoms with Crippen LogP contribution < -0.4 is 10.6 Å². The number of nitrogens with zero attached hydrogens (tertiary/aromatic N) is 1. The van der Waals surface area contributed by atoms with Gasteiger partial charge in [0.05, 0.1) is 18.4 Å². The van der Waals surface area contributed by atoms with Crippen molar-refractivity contribution in [1.29, 1.82) is 0 Å². The lowest BCUT2D eigenvalue weighted by atomic mass is 9.57. The van der Waals surface area contributed by atoms with Gasteiger partial charge in [-0.1, -0.05) is 44.2 Å². The Balaban J connectivity index is 0.00000240. The summed E-state index contributed by atoms with van der Waals surface area (Å²) in [5.41, 5.74) is 1.36. The van der Waals surface area contributed by atoms with Gasteiger partial charge in [0.15, 0.2) is 5.96 Å². The zero-order valence-electron chi connectivity index (χ0n) is 17.4. The van der Waals surface area contributed by atoms with Crippen LogP contribution in [0.1, 0.15) is 44.6 Å². The maximum absolute atomic E-state index is 5.95. The predicted molar refractivity (Wildman–Crippen MR) is 127 cm³/mol. The molecule has 1 aromatic carbocycles. The standard InChI is InChI=1S/C23H31N3O2.HI/c1-16(17-8-5-4-6-9-17)25-22(24-13-11-18-10-7-14-27-18)26-20-19-12-15-28-21(19)23(20,2)3;/h4-10,14,16,19-21H,11-13,15H2,1-3H3,(H2,24,25,26);1H. The molecule has 6 heteroatoms. The van der Waals surface area contributed by atoms with Gasteiger partial charge in [0, 0.05) is 36.9 Å². The van der Waals surface area contributed by atoms with Gasteiger partial charge in [-0.15, -0.1) is 24.0 Å². The summed E-state index contributed by atoms with van der Waals surface area (Å²) in [6.07, 6.45) is 3.99. The van der Waals surface area contributed by atoms with Crippen LogP contribution in [0.15, 0.2) is 58.1 Å². The molecule has 1 saturated heterocycles. The van der Waals surface area contributed by atoms with E-state index < -0.39 is 0 Å². The number of guanidine groups is 1. The lowest BCUT2D eigenvalue weighted by Crippen LogP contribution is -2.68. The fourth-order valence-electron chi connectivity index (χ4n) is 4.66. The second kappa shape index (κ2) is 9.51. The summed E-state index contributed by atoms with van der Waals surface area (Å²) in [6.45, 7) is 8.31. The van der Waals surface area contributed by atoms with Crippen LogP contribution in [0, 0.1) is 11.3 Å². The highest BCUT2D eigenvalue weighted by Crippen LogP contribution is 2.52. The van der Waals surface area contributed by atoms with E-state index in [1.807, 2.05) is 18.2 Å². The average molecular weight is 509 g/mol. The van der Waals surface area contributed by atoms with E-state index >= 15 is 0 Å². The summed E-state index contributed by atoms with van der Waals surface area (Å²) < 4.78 is 11.4. The Hall–Kier alpha value is -1.54. The fourth-order valence-corrected chi connectivity index (χ4v) is 4.66. The summed E-state index contributed by atoms with van der Waals surface area (Å²) in [6, 6.07) is 15.0. The number of fused-ring (bicyclic) bond motifs is 1. The summed E-state index contributed by atoms with van der Waals surface area (Å²) in [5, 5.41) is 7.32. The Morgan fingerprint density at radius 3 is 2.72 bits per heavy atom. The van der Waals surface area contributed by atoms with Gasteiger partial charge < -0.3 is 19.8 Å². The van der Waals surface area contributed by atoms with Gasteiger partial charge in [0.25, 0.3) is 0 Å². The number of ether oxygens (including phenoxy) is 1. The number of hydrogen-bond donors (Lipinski definition) is 2. The van der Waals surface area contributed by atoms with Crippen LogP contribution in [0.3, 0.4) is 0 Å².